The van der Waals surface area contributed by atoms with Crippen molar-refractivity contribution in [2.75, 3.05) is 0 Å². The second-order valence-corrected chi connectivity index (χ2v) is 5.05. The molecule has 0 atom stereocenters. The van der Waals surface area contributed by atoms with Crippen molar-refractivity contribution < 1.29 is 4.42 Å². The first-order valence-corrected chi connectivity index (χ1v) is 7.22. The van der Waals surface area contributed by atoms with Gasteiger partial charge in [-0.05, 0) is 18.2 Å². The van der Waals surface area contributed by atoms with Gasteiger partial charge in [-0.2, -0.15) is 5.10 Å². The Labute approximate surface area is 136 Å². The Bertz CT molecular complexity index is 1000. The standard InChI is InChI=1S/C16H12N6O2/c23-15-7-6-12(16-20-18-11-24-16)8-21(15)9-14-17-10-19-22(14)13-4-2-1-3-5-13/h1-8,10-11H,9H2. The highest BCUT2D eigenvalue weighted by Crippen LogP contribution is 2.14. The van der Waals surface area contributed by atoms with Crippen molar-refractivity contribution in [1.29, 1.82) is 0 Å². The summed E-state index contributed by atoms with van der Waals surface area (Å²) < 4.78 is 8.40. The largest absolute Gasteiger partial charge is 0.423 e. The molecular formula is C16H12N6O2. The maximum atomic E-state index is 12.2. The number of benzene rings is 1. The molecule has 0 saturated heterocycles. The Hall–Kier alpha value is -3.55. The van der Waals surface area contributed by atoms with Crippen LogP contribution in [0.1, 0.15) is 5.82 Å². The Morgan fingerprint density at radius 2 is 1.96 bits per heavy atom. The van der Waals surface area contributed by atoms with E-state index < -0.39 is 0 Å². The molecule has 3 aromatic heterocycles. The number of para-hydroxylation sites is 1. The molecule has 0 saturated carbocycles. The average molecular weight is 320 g/mol. The first-order valence-electron chi connectivity index (χ1n) is 7.22. The Kier molecular flexibility index (Phi) is 3.47. The van der Waals surface area contributed by atoms with E-state index in [2.05, 4.69) is 20.3 Å². The molecule has 0 aliphatic heterocycles. The molecule has 0 unspecified atom stereocenters. The van der Waals surface area contributed by atoms with Gasteiger partial charge in [0, 0.05) is 12.3 Å². The summed E-state index contributed by atoms with van der Waals surface area (Å²) in [5.41, 5.74) is 1.39. The number of hydrogen-bond acceptors (Lipinski definition) is 6. The van der Waals surface area contributed by atoms with E-state index >= 15 is 0 Å². The van der Waals surface area contributed by atoms with Gasteiger partial charge in [0.1, 0.15) is 6.33 Å². The minimum Gasteiger partial charge on any atom is -0.423 e. The topological polar surface area (TPSA) is 91.6 Å². The van der Waals surface area contributed by atoms with Crippen molar-refractivity contribution in [2.45, 2.75) is 6.54 Å². The fourth-order valence-electron chi connectivity index (χ4n) is 2.39. The van der Waals surface area contributed by atoms with Crippen LogP contribution in [0.5, 0.6) is 0 Å². The van der Waals surface area contributed by atoms with Gasteiger partial charge in [0.15, 0.2) is 5.82 Å². The first-order chi connectivity index (χ1) is 11.8. The maximum Gasteiger partial charge on any atom is 0.250 e. The smallest absolute Gasteiger partial charge is 0.250 e. The molecule has 0 aliphatic rings. The van der Waals surface area contributed by atoms with Gasteiger partial charge in [0.25, 0.3) is 5.56 Å². The Morgan fingerprint density at radius 3 is 2.75 bits per heavy atom. The summed E-state index contributed by atoms with van der Waals surface area (Å²) in [5.74, 6) is 0.999. The highest BCUT2D eigenvalue weighted by molar-refractivity contribution is 5.50. The molecule has 4 aromatic rings. The van der Waals surface area contributed by atoms with Crippen molar-refractivity contribution in [2.24, 2.45) is 0 Å². The van der Waals surface area contributed by atoms with Crippen LogP contribution in [-0.2, 0) is 6.54 Å². The number of rotatable bonds is 4. The van der Waals surface area contributed by atoms with E-state index in [9.17, 15) is 4.79 Å². The third-order valence-corrected chi connectivity index (χ3v) is 3.52. The van der Waals surface area contributed by atoms with E-state index in [1.807, 2.05) is 30.3 Å². The summed E-state index contributed by atoms with van der Waals surface area (Å²) in [6.07, 6.45) is 4.38. The maximum absolute atomic E-state index is 12.2. The van der Waals surface area contributed by atoms with Crippen molar-refractivity contribution in [3.05, 3.63) is 77.6 Å². The first kappa shape index (κ1) is 14.1. The third-order valence-electron chi connectivity index (χ3n) is 3.52. The lowest BCUT2D eigenvalue weighted by atomic mass is 10.3. The molecule has 0 bridgehead atoms. The van der Waals surface area contributed by atoms with Gasteiger partial charge < -0.3 is 8.98 Å². The SMILES string of the molecule is O=c1ccc(-c2nnco2)cn1Cc1ncnn1-c1ccccc1. The summed E-state index contributed by atoms with van der Waals surface area (Å²) >= 11 is 0. The van der Waals surface area contributed by atoms with Gasteiger partial charge in [-0.1, -0.05) is 18.2 Å². The quantitative estimate of drug-likeness (QED) is 0.566. The molecule has 0 N–H and O–H groups in total. The molecule has 1 aromatic carbocycles. The zero-order chi connectivity index (χ0) is 16.4. The van der Waals surface area contributed by atoms with Crippen LogP contribution < -0.4 is 5.56 Å². The number of hydrogen-bond donors (Lipinski definition) is 0. The van der Waals surface area contributed by atoms with Gasteiger partial charge >= 0.3 is 0 Å². The lowest BCUT2D eigenvalue weighted by Crippen LogP contribution is -2.21. The predicted octanol–water partition coefficient (Wildman–Crippen LogP) is 1.53. The van der Waals surface area contributed by atoms with E-state index in [1.165, 1.54) is 23.4 Å². The summed E-state index contributed by atoms with van der Waals surface area (Å²) in [7, 11) is 0. The summed E-state index contributed by atoms with van der Waals surface area (Å²) in [6.45, 7) is 0.274. The van der Waals surface area contributed by atoms with Gasteiger partial charge in [0.2, 0.25) is 12.3 Å². The van der Waals surface area contributed by atoms with E-state index in [-0.39, 0.29) is 12.1 Å². The molecule has 0 spiro atoms. The van der Waals surface area contributed by atoms with Gasteiger partial charge in [-0.15, -0.1) is 10.2 Å². The van der Waals surface area contributed by atoms with Crippen LogP contribution in [0.15, 0.2) is 70.6 Å². The second-order valence-electron chi connectivity index (χ2n) is 5.05. The highest BCUT2D eigenvalue weighted by Gasteiger charge is 2.10. The zero-order valence-corrected chi connectivity index (χ0v) is 12.5. The van der Waals surface area contributed by atoms with Crippen molar-refractivity contribution >= 4 is 0 Å². The summed E-state index contributed by atoms with van der Waals surface area (Å²) in [6, 6.07) is 12.7. The van der Waals surface area contributed by atoms with Crippen LogP contribution in [0.25, 0.3) is 17.1 Å². The lowest BCUT2D eigenvalue weighted by Gasteiger charge is -2.08. The van der Waals surface area contributed by atoms with Crippen LogP contribution in [0.3, 0.4) is 0 Å². The monoisotopic (exact) mass is 320 g/mol. The van der Waals surface area contributed by atoms with Crippen LogP contribution >= 0.6 is 0 Å². The molecular weight excluding hydrogens is 308 g/mol. The number of pyridine rings is 1. The predicted molar refractivity (Wildman–Crippen MR) is 84.5 cm³/mol. The Morgan fingerprint density at radius 1 is 1.08 bits per heavy atom. The second kappa shape index (κ2) is 5.92. The van der Waals surface area contributed by atoms with E-state index in [0.29, 0.717) is 17.3 Å². The van der Waals surface area contributed by atoms with Gasteiger partial charge in [-0.3, -0.25) is 4.79 Å². The normalized spacial score (nSPS) is 10.8. The molecule has 24 heavy (non-hydrogen) atoms. The van der Waals surface area contributed by atoms with Crippen LogP contribution in [0, 0.1) is 0 Å². The molecule has 0 fully saturated rings. The number of aromatic nitrogens is 6. The molecule has 0 aliphatic carbocycles. The van der Waals surface area contributed by atoms with Crippen LogP contribution in [0.2, 0.25) is 0 Å². The summed E-state index contributed by atoms with van der Waals surface area (Å²) in [5, 5.41) is 11.7. The molecule has 8 heteroatoms. The third kappa shape index (κ3) is 2.60. The molecule has 0 radical (unpaired) electrons. The van der Waals surface area contributed by atoms with Crippen molar-refractivity contribution in [1.82, 2.24) is 29.5 Å². The molecule has 3 heterocycles. The van der Waals surface area contributed by atoms with Gasteiger partial charge in [0.05, 0.1) is 17.8 Å². The van der Waals surface area contributed by atoms with Crippen molar-refractivity contribution in [3.63, 3.8) is 0 Å². The van der Waals surface area contributed by atoms with Crippen LogP contribution in [-0.4, -0.2) is 29.5 Å². The van der Waals surface area contributed by atoms with Crippen LogP contribution in [0.4, 0.5) is 0 Å². The summed E-state index contributed by atoms with van der Waals surface area (Å²) in [4.78, 5) is 16.4. The molecule has 8 nitrogen and oxygen atoms in total. The highest BCUT2D eigenvalue weighted by atomic mass is 16.4. The average Bonchev–Trinajstić information content (AvgIpc) is 3.29. The molecule has 0 amide bonds. The molecule has 4 rings (SSSR count). The van der Waals surface area contributed by atoms with Gasteiger partial charge in [-0.25, -0.2) is 9.67 Å². The van der Waals surface area contributed by atoms with E-state index in [0.717, 1.165) is 5.69 Å². The molecule has 118 valence electrons. The lowest BCUT2D eigenvalue weighted by molar-refractivity contribution is 0.567. The minimum atomic E-state index is -0.152. The Balaban J connectivity index is 1.71. The fourth-order valence-corrected chi connectivity index (χ4v) is 2.39. The fraction of sp³-hybridized carbons (Fsp3) is 0.0625. The zero-order valence-electron chi connectivity index (χ0n) is 12.5. The van der Waals surface area contributed by atoms with Crippen molar-refractivity contribution in [3.8, 4) is 17.1 Å². The number of nitrogens with zero attached hydrogens (tertiary/aromatic N) is 6. The minimum absolute atomic E-state index is 0.152. The van der Waals surface area contributed by atoms with E-state index in [1.54, 1.807) is 16.9 Å². The van der Waals surface area contributed by atoms with E-state index in [4.69, 9.17) is 4.42 Å².